The second-order valence-corrected chi connectivity index (χ2v) is 5.16. The molecule has 21 heavy (non-hydrogen) atoms. The number of anilines is 2. The van der Waals surface area contributed by atoms with Gasteiger partial charge in [-0.25, -0.2) is 9.97 Å². The van der Waals surface area contributed by atoms with Crippen LogP contribution >= 0.6 is 11.8 Å². The van der Waals surface area contributed by atoms with Gasteiger partial charge in [0, 0.05) is 32.5 Å². The highest BCUT2D eigenvalue weighted by Gasteiger charge is 2.17. The molecule has 3 rings (SSSR count). The predicted octanol–water partition coefficient (Wildman–Crippen LogP) is 0.691. The average Bonchev–Trinajstić information content (AvgIpc) is 2.56. The van der Waals surface area contributed by atoms with Crippen molar-refractivity contribution in [2.45, 2.75) is 10.3 Å². The lowest BCUT2D eigenvalue weighted by atomic mass is 10.4. The van der Waals surface area contributed by atoms with E-state index in [4.69, 9.17) is 4.74 Å². The minimum atomic E-state index is 0.532. The second-order valence-electron chi connectivity index (χ2n) is 4.22. The summed E-state index contributed by atoms with van der Waals surface area (Å²) in [7, 11) is 1.78. The van der Waals surface area contributed by atoms with Crippen LogP contribution in [0.2, 0.25) is 0 Å². The Kier molecular flexibility index (Phi) is 4.41. The van der Waals surface area contributed by atoms with E-state index in [1.54, 1.807) is 25.5 Å². The number of nitrogens with one attached hydrogen (secondary N) is 1. The molecular weight excluding hydrogens is 290 g/mol. The van der Waals surface area contributed by atoms with E-state index in [2.05, 4.69) is 35.1 Å². The molecule has 0 radical (unpaired) electrons. The molecule has 9 heteroatoms. The molecule has 3 heterocycles. The Morgan fingerprint density at radius 3 is 2.57 bits per heavy atom. The maximum Gasteiger partial charge on any atom is 0.231 e. The van der Waals surface area contributed by atoms with E-state index in [1.165, 1.54) is 11.8 Å². The fourth-order valence-corrected chi connectivity index (χ4v) is 2.48. The van der Waals surface area contributed by atoms with Crippen molar-refractivity contribution in [3.05, 3.63) is 18.5 Å². The Bertz CT molecular complexity index is 591. The summed E-state index contributed by atoms with van der Waals surface area (Å²) >= 11 is 1.31. The molecular formula is C12H15N7OS. The minimum Gasteiger partial charge on any atom is -0.378 e. The number of ether oxygens (including phenoxy) is 1. The molecule has 2 aromatic rings. The smallest absolute Gasteiger partial charge is 0.231 e. The van der Waals surface area contributed by atoms with Gasteiger partial charge in [0.25, 0.3) is 0 Å². The number of morpholine rings is 1. The van der Waals surface area contributed by atoms with Gasteiger partial charge in [-0.15, -0.1) is 0 Å². The summed E-state index contributed by atoms with van der Waals surface area (Å²) in [5, 5.41) is 4.14. The van der Waals surface area contributed by atoms with E-state index in [-0.39, 0.29) is 0 Å². The van der Waals surface area contributed by atoms with E-state index in [0.717, 1.165) is 13.1 Å². The third kappa shape index (κ3) is 3.56. The minimum absolute atomic E-state index is 0.532. The van der Waals surface area contributed by atoms with Gasteiger partial charge in [-0.1, -0.05) is 0 Å². The summed E-state index contributed by atoms with van der Waals surface area (Å²) in [6, 6.07) is 1.77. The molecule has 1 aliphatic heterocycles. The van der Waals surface area contributed by atoms with Crippen LogP contribution in [-0.4, -0.2) is 58.3 Å². The summed E-state index contributed by atoms with van der Waals surface area (Å²) in [5.41, 5.74) is 0. The van der Waals surface area contributed by atoms with Gasteiger partial charge >= 0.3 is 0 Å². The van der Waals surface area contributed by atoms with Crippen molar-refractivity contribution in [1.29, 1.82) is 0 Å². The zero-order valence-corrected chi connectivity index (χ0v) is 12.4. The van der Waals surface area contributed by atoms with E-state index in [9.17, 15) is 0 Å². The molecule has 1 saturated heterocycles. The molecule has 0 unspecified atom stereocenters. The van der Waals surface area contributed by atoms with E-state index in [1.807, 2.05) is 0 Å². The first-order chi connectivity index (χ1) is 10.3. The van der Waals surface area contributed by atoms with Crippen molar-refractivity contribution >= 4 is 23.7 Å². The SMILES string of the molecule is CNc1nc(Sc2ncccn2)nc(N2CCOCC2)n1. The Morgan fingerprint density at radius 2 is 1.86 bits per heavy atom. The van der Waals surface area contributed by atoms with Crippen molar-refractivity contribution in [2.24, 2.45) is 0 Å². The van der Waals surface area contributed by atoms with Crippen molar-refractivity contribution in [3.63, 3.8) is 0 Å². The van der Waals surface area contributed by atoms with Crippen LogP contribution in [0.4, 0.5) is 11.9 Å². The first-order valence-electron chi connectivity index (χ1n) is 6.56. The summed E-state index contributed by atoms with van der Waals surface area (Å²) in [6.45, 7) is 2.92. The standard InChI is InChI=1S/C12H15N7OS/c1-13-9-16-10(19-5-7-20-8-6-19)18-12(17-9)21-11-14-3-2-4-15-11/h2-4H,5-8H2,1H3,(H,13,16,17,18). The molecule has 8 nitrogen and oxygen atoms in total. The lowest BCUT2D eigenvalue weighted by molar-refractivity contribution is 0.122. The van der Waals surface area contributed by atoms with Gasteiger partial charge in [0.15, 0.2) is 5.16 Å². The zero-order chi connectivity index (χ0) is 14.5. The maximum absolute atomic E-state index is 5.35. The van der Waals surface area contributed by atoms with Crippen LogP contribution in [0.25, 0.3) is 0 Å². The van der Waals surface area contributed by atoms with Crippen LogP contribution < -0.4 is 10.2 Å². The van der Waals surface area contributed by atoms with Gasteiger partial charge in [0.05, 0.1) is 13.2 Å². The summed E-state index contributed by atoms with van der Waals surface area (Å²) in [5.74, 6) is 1.18. The first-order valence-corrected chi connectivity index (χ1v) is 7.38. The zero-order valence-electron chi connectivity index (χ0n) is 11.6. The molecule has 0 bridgehead atoms. The van der Waals surface area contributed by atoms with Crippen molar-refractivity contribution in [3.8, 4) is 0 Å². The molecule has 0 aliphatic carbocycles. The summed E-state index contributed by atoms with van der Waals surface area (Å²) in [4.78, 5) is 23.6. The second kappa shape index (κ2) is 6.64. The summed E-state index contributed by atoms with van der Waals surface area (Å²) in [6.07, 6.45) is 3.39. The highest BCUT2D eigenvalue weighted by Crippen LogP contribution is 2.23. The monoisotopic (exact) mass is 305 g/mol. The van der Waals surface area contributed by atoms with E-state index >= 15 is 0 Å². The molecule has 0 atom stereocenters. The molecule has 0 aromatic carbocycles. The highest BCUT2D eigenvalue weighted by molar-refractivity contribution is 7.99. The number of nitrogens with zero attached hydrogens (tertiary/aromatic N) is 6. The molecule has 0 saturated carbocycles. The quantitative estimate of drug-likeness (QED) is 0.819. The van der Waals surface area contributed by atoms with Gasteiger partial charge in [0.1, 0.15) is 0 Å². The molecule has 1 fully saturated rings. The first kappa shape index (κ1) is 14.0. The number of rotatable bonds is 4. The van der Waals surface area contributed by atoms with Crippen LogP contribution in [-0.2, 0) is 4.74 Å². The molecule has 1 aliphatic rings. The lowest BCUT2D eigenvalue weighted by Gasteiger charge is -2.26. The van der Waals surface area contributed by atoms with Gasteiger partial charge < -0.3 is 15.0 Å². The normalized spacial score (nSPS) is 15.0. The largest absolute Gasteiger partial charge is 0.378 e. The highest BCUT2D eigenvalue weighted by atomic mass is 32.2. The Hall–Kier alpha value is -2.00. The van der Waals surface area contributed by atoms with Crippen molar-refractivity contribution in [1.82, 2.24) is 24.9 Å². The fourth-order valence-electron chi connectivity index (χ4n) is 1.83. The Morgan fingerprint density at radius 1 is 1.10 bits per heavy atom. The van der Waals surface area contributed by atoms with Crippen LogP contribution in [0, 0.1) is 0 Å². The third-order valence-electron chi connectivity index (χ3n) is 2.85. The number of hydrogen-bond donors (Lipinski definition) is 1. The topological polar surface area (TPSA) is 89.0 Å². The van der Waals surface area contributed by atoms with Gasteiger partial charge in [-0.05, 0) is 17.8 Å². The summed E-state index contributed by atoms with van der Waals surface area (Å²) < 4.78 is 5.35. The average molecular weight is 305 g/mol. The molecule has 110 valence electrons. The predicted molar refractivity (Wildman–Crippen MR) is 78.6 cm³/mol. The van der Waals surface area contributed by atoms with Crippen molar-refractivity contribution < 1.29 is 4.74 Å². The van der Waals surface area contributed by atoms with Gasteiger partial charge in [-0.2, -0.15) is 15.0 Å². The maximum atomic E-state index is 5.35. The van der Waals surface area contributed by atoms with Gasteiger partial charge in [-0.3, -0.25) is 0 Å². The van der Waals surface area contributed by atoms with Crippen LogP contribution in [0.1, 0.15) is 0 Å². The molecule has 0 spiro atoms. The van der Waals surface area contributed by atoms with Gasteiger partial charge in [0.2, 0.25) is 17.1 Å². The number of hydrogen-bond acceptors (Lipinski definition) is 9. The Balaban J connectivity index is 1.85. The van der Waals surface area contributed by atoms with Crippen molar-refractivity contribution in [2.75, 3.05) is 43.6 Å². The molecule has 1 N–H and O–H groups in total. The number of aromatic nitrogens is 5. The van der Waals surface area contributed by atoms with E-state index in [0.29, 0.717) is 35.4 Å². The van der Waals surface area contributed by atoms with E-state index < -0.39 is 0 Å². The third-order valence-corrected chi connectivity index (χ3v) is 3.60. The Labute approximate surface area is 126 Å². The lowest BCUT2D eigenvalue weighted by Crippen LogP contribution is -2.37. The van der Waals surface area contributed by atoms with Crippen LogP contribution in [0.3, 0.4) is 0 Å². The van der Waals surface area contributed by atoms with Crippen LogP contribution in [0.5, 0.6) is 0 Å². The molecule has 2 aromatic heterocycles. The molecule has 0 amide bonds. The fraction of sp³-hybridized carbons (Fsp3) is 0.417. The van der Waals surface area contributed by atoms with Crippen LogP contribution in [0.15, 0.2) is 28.8 Å².